The maximum Gasteiger partial charge on any atom is 0.103 e. The first-order chi connectivity index (χ1) is 5.91. The van der Waals surface area contributed by atoms with Gasteiger partial charge in [-0.1, -0.05) is 34.1 Å². The third kappa shape index (κ3) is 2.64. The molecule has 0 N–H and O–H groups in total. The number of thioether (sulfide) groups is 1. The monoisotopic (exact) mass is 197 g/mol. The van der Waals surface area contributed by atoms with Crippen LogP contribution in [0.15, 0.2) is 0 Å². The van der Waals surface area contributed by atoms with E-state index in [0.29, 0.717) is 0 Å². The van der Waals surface area contributed by atoms with Crippen molar-refractivity contribution < 1.29 is 0 Å². The molecule has 0 atom stereocenters. The molecule has 0 bridgehead atoms. The highest BCUT2D eigenvalue weighted by molar-refractivity contribution is 8.02. The smallest absolute Gasteiger partial charge is 0.103 e. The standard InChI is InChI=1S/C11H19NS/c1-5-9-6-11(7-9,8-12)13-10(2,3)4/h9H,5-7H2,1-4H3. The van der Waals surface area contributed by atoms with E-state index in [9.17, 15) is 0 Å². The second-order valence-corrected chi connectivity index (χ2v) is 7.21. The van der Waals surface area contributed by atoms with Crippen molar-refractivity contribution in [2.24, 2.45) is 5.92 Å². The summed E-state index contributed by atoms with van der Waals surface area (Å²) in [7, 11) is 0. The Labute approximate surface area is 85.9 Å². The largest absolute Gasteiger partial charge is 0.197 e. The molecule has 1 fully saturated rings. The fourth-order valence-electron chi connectivity index (χ4n) is 1.95. The zero-order chi connectivity index (χ0) is 10.1. The molecule has 0 aromatic carbocycles. The van der Waals surface area contributed by atoms with Crippen LogP contribution in [0, 0.1) is 17.2 Å². The zero-order valence-electron chi connectivity index (χ0n) is 9.05. The van der Waals surface area contributed by atoms with Gasteiger partial charge in [0.15, 0.2) is 0 Å². The van der Waals surface area contributed by atoms with E-state index in [1.165, 1.54) is 6.42 Å². The van der Waals surface area contributed by atoms with E-state index in [1.807, 2.05) is 11.8 Å². The van der Waals surface area contributed by atoms with Gasteiger partial charge in [-0.25, -0.2) is 0 Å². The van der Waals surface area contributed by atoms with Crippen LogP contribution in [0.2, 0.25) is 0 Å². The van der Waals surface area contributed by atoms with Gasteiger partial charge in [-0.05, 0) is 18.8 Å². The molecular formula is C11H19NS. The molecule has 2 heteroatoms. The van der Waals surface area contributed by atoms with Crippen LogP contribution in [0.1, 0.15) is 47.0 Å². The lowest BCUT2D eigenvalue weighted by atomic mass is 9.73. The Hall–Kier alpha value is -0.160. The first-order valence-electron chi connectivity index (χ1n) is 5.02. The maximum absolute atomic E-state index is 9.14. The fraction of sp³-hybridized carbons (Fsp3) is 0.909. The highest BCUT2D eigenvalue weighted by Gasteiger charge is 2.46. The van der Waals surface area contributed by atoms with Crippen LogP contribution in [-0.2, 0) is 0 Å². The predicted molar refractivity (Wildman–Crippen MR) is 58.7 cm³/mol. The molecule has 0 radical (unpaired) electrons. The van der Waals surface area contributed by atoms with Crippen molar-refractivity contribution in [3.8, 4) is 6.07 Å². The summed E-state index contributed by atoms with van der Waals surface area (Å²) in [6.07, 6.45) is 3.43. The topological polar surface area (TPSA) is 23.8 Å². The molecule has 0 aromatic heterocycles. The maximum atomic E-state index is 9.14. The van der Waals surface area contributed by atoms with Crippen molar-refractivity contribution in [3.63, 3.8) is 0 Å². The molecule has 1 saturated carbocycles. The molecule has 74 valence electrons. The van der Waals surface area contributed by atoms with Gasteiger partial charge >= 0.3 is 0 Å². The van der Waals surface area contributed by atoms with Crippen molar-refractivity contribution in [1.82, 2.24) is 0 Å². The number of nitrogens with zero attached hydrogens (tertiary/aromatic N) is 1. The van der Waals surface area contributed by atoms with Crippen molar-refractivity contribution >= 4 is 11.8 Å². The number of nitriles is 1. The summed E-state index contributed by atoms with van der Waals surface area (Å²) in [5, 5.41) is 9.14. The van der Waals surface area contributed by atoms with E-state index in [-0.39, 0.29) is 9.49 Å². The first kappa shape index (κ1) is 10.9. The van der Waals surface area contributed by atoms with Crippen molar-refractivity contribution in [1.29, 1.82) is 5.26 Å². The molecule has 0 aliphatic heterocycles. The number of rotatable bonds is 2. The van der Waals surface area contributed by atoms with Crippen LogP contribution in [0.25, 0.3) is 0 Å². The Morgan fingerprint density at radius 2 is 2.00 bits per heavy atom. The quantitative estimate of drug-likeness (QED) is 0.675. The van der Waals surface area contributed by atoms with Crippen LogP contribution < -0.4 is 0 Å². The molecule has 1 nitrogen and oxygen atoms in total. The summed E-state index contributed by atoms with van der Waals surface area (Å²) in [4.78, 5) is 0. The van der Waals surface area contributed by atoms with E-state index in [4.69, 9.17) is 5.26 Å². The van der Waals surface area contributed by atoms with E-state index >= 15 is 0 Å². The van der Waals surface area contributed by atoms with E-state index in [0.717, 1.165) is 18.8 Å². The van der Waals surface area contributed by atoms with Crippen molar-refractivity contribution in [3.05, 3.63) is 0 Å². The minimum Gasteiger partial charge on any atom is -0.197 e. The van der Waals surface area contributed by atoms with E-state index < -0.39 is 0 Å². The Kier molecular flexibility index (Phi) is 2.97. The van der Waals surface area contributed by atoms with E-state index in [1.54, 1.807) is 0 Å². The van der Waals surface area contributed by atoms with Crippen LogP contribution >= 0.6 is 11.8 Å². The number of hydrogen-bond acceptors (Lipinski definition) is 2. The Balaban J connectivity index is 2.52. The Bertz CT molecular complexity index is 215. The molecule has 1 aliphatic rings. The minimum atomic E-state index is -0.0566. The second kappa shape index (κ2) is 3.53. The van der Waals surface area contributed by atoms with Crippen LogP contribution in [0.4, 0.5) is 0 Å². The average Bonchev–Trinajstić information content (AvgIpc) is 1.94. The molecule has 0 amide bonds. The summed E-state index contributed by atoms with van der Waals surface area (Å²) in [5.74, 6) is 0.800. The molecule has 0 unspecified atom stereocenters. The highest BCUT2D eigenvalue weighted by Crippen LogP contribution is 2.52. The molecule has 0 saturated heterocycles. The van der Waals surface area contributed by atoms with Gasteiger partial charge in [0, 0.05) is 4.75 Å². The van der Waals surface area contributed by atoms with Crippen molar-refractivity contribution in [2.45, 2.75) is 56.5 Å². The molecule has 13 heavy (non-hydrogen) atoms. The van der Waals surface area contributed by atoms with Crippen molar-refractivity contribution in [2.75, 3.05) is 0 Å². The third-order valence-corrected chi connectivity index (χ3v) is 3.95. The first-order valence-corrected chi connectivity index (χ1v) is 5.84. The van der Waals surface area contributed by atoms with Crippen LogP contribution in [-0.4, -0.2) is 9.49 Å². The lowest BCUT2D eigenvalue weighted by Gasteiger charge is -2.45. The summed E-state index contributed by atoms with van der Waals surface area (Å²) in [5.41, 5.74) is 0. The summed E-state index contributed by atoms with van der Waals surface area (Å²) < 4.78 is 0.160. The average molecular weight is 197 g/mol. The predicted octanol–water partition coefficient (Wildman–Crippen LogP) is 3.60. The lowest BCUT2D eigenvalue weighted by Crippen LogP contribution is -2.42. The fourth-order valence-corrected chi connectivity index (χ4v) is 3.80. The Morgan fingerprint density at radius 1 is 1.46 bits per heavy atom. The van der Waals surface area contributed by atoms with Crippen LogP contribution in [0.5, 0.6) is 0 Å². The van der Waals surface area contributed by atoms with Gasteiger partial charge in [-0.2, -0.15) is 5.26 Å². The molecule has 0 aromatic rings. The lowest BCUT2D eigenvalue weighted by molar-refractivity contribution is 0.268. The normalized spacial score (nSPS) is 33.6. The second-order valence-electron chi connectivity index (χ2n) is 5.00. The molecular weight excluding hydrogens is 178 g/mol. The minimum absolute atomic E-state index is 0.0566. The third-order valence-electron chi connectivity index (χ3n) is 2.52. The zero-order valence-corrected chi connectivity index (χ0v) is 9.87. The van der Waals surface area contributed by atoms with Gasteiger partial charge in [0.25, 0.3) is 0 Å². The highest BCUT2D eigenvalue weighted by atomic mass is 32.2. The summed E-state index contributed by atoms with van der Waals surface area (Å²) in [6.45, 7) is 8.79. The number of hydrogen-bond donors (Lipinski definition) is 0. The van der Waals surface area contributed by atoms with Gasteiger partial charge in [0.1, 0.15) is 4.75 Å². The summed E-state index contributed by atoms with van der Waals surface area (Å²) >= 11 is 1.85. The van der Waals surface area contributed by atoms with Gasteiger partial charge in [-0.15, -0.1) is 11.8 Å². The van der Waals surface area contributed by atoms with Gasteiger partial charge < -0.3 is 0 Å². The summed E-state index contributed by atoms with van der Waals surface area (Å²) in [6, 6.07) is 2.50. The van der Waals surface area contributed by atoms with Gasteiger partial charge in [0.2, 0.25) is 0 Å². The molecule has 1 aliphatic carbocycles. The van der Waals surface area contributed by atoms with E-state index in [2.05, 4.69) is 33.8 Å². The SMILES string of the molecule is CCC1CC(C#N)(SC(C)(C)C)C1. The molecule has 1 rings (SSSR count). The van der Waals surface area contributed by atoms with Crippen LogP contribution in [0.3, 0.4) is 0 Å². The molecule has 0 spiro atoms. The van der Waals surface area contributed by atoms with Gasteiger partial charge in [-0.3, -0.25) is 0 Å². The van der Waals surface area contributed by atoms with Gasteiger partial charge in [0.05, 0.1) is 6.07 Å². The Morgan fingerprint density at radius 3 is 2.31 bits per heavy atom. The molecule has 0 heterocycles.